The van der Waals surface area contributed by atoms with Gasteiger partial charge >= 0.3 is 0 Å². The molecule has 0 aliphatic carbocycles. The van der Waals surface area contributed by atoms with Gasteiger partial charge < -0.3 is 14.8 Å². The van der Waals surface area contributed by atoms with Crippen LogP contribution in [0.2, 0.25) is 0 Å². The van der Waals surface area contributed by atoms with Gasteiger partial charge in [-0.05, 0) is 49.9 Å². The Morgan fingerprint density at radius 2 is 1.96 bits per heavy atom. The highest BCUT2D eigenvalue weighted by molar-refractivity contribution is 8.13. The number of hydrogen-bond acceptors (Lipinski definition) is 4. The fraction of sp³-hybridized carbons (Fsp3) is 0.278. The fourth-order valence-corrected chi connectivity index (χ4v) is 2.43. The molecule has 0 aliphatic rings. The summed E-state index contributed by atoms with van der Waals surface area (Å²) in [4.78, 5) is 11.6. The highest BCUT2D eigenvalue weighted by Crippen LogP contribution is 2.26. The number of rotatable bonds is 5. The van der Waals surface area contributed by atoms with Crippen molar-refractivity contribution in [1.29, 1.82) is 0 Å². The van der Waals surface area contributed by atoms with Crippen LogP contribution in [-0.2, 0) is 6.61 Å². The van der Waals surface area contributed by atoms with Gasteiger partial charge in [0.05, 0.1) is 7.11 Å². The first kappa shape index (κ1) is 17.2. The zero-order valence-electron chi connectivity index (χ0n) is 13.8. The molecule has 1 N–H and O–H groups in total. The van der Waals surface area contributed by atoms with Crippen LogP contribution in [0, 0.1) is 13.8 Å². The van der Waals surface area contributed by atoms with Gasteiger partial charge in [-0.15, -0.1) is 0 Å². The Labute approximate surface area is 141 Å². The number of anilines is 1. The Morgan fingerprint density at radius 1 is 1.17 bits per heavy atom. The van der Waals surface area contributed by atoms with Gasteiger partial charge in [0.1, 0.15) is 18.1 Å². The maximum atomic E-state index is 11.6. The Balaban J connectivity index is 2.20. The minimum absolute atomic E-state index is 0.108. The van der Waals surface area contributed by atoms with E-state index in [1.807, 2.05) is 37.3 Å². The molecule has 23 heavy (non-hydrogen) atoms. The Bertz CT molecular complexity index is 701. The summed E-state index contributed by atoms with van der Waals surface area (Å²) in [5.74, 6) is 1.56. The van der Waals surface area contributed by atoms with Crippen LogP contribution >= 0.6 is 11.8 Å². The topological polar surface area (TPSA) is 47.6 Å². The first-order valence-corrected chi connectivity index (χ1v) is 8.48. The monoisotopic (exact) mass is 331 g/mol. The van der Waals surface area contributed by atoms with E-state index in [4.69, 9.17) is 9.47 Å². The summed E-state index contributed by atoms with van der Waals surface area (Å²) in [7, 11) is 1.62. The van der Waals surface area contributed by atoms with Crippen molar-refractivity contribution in [3.8, 4) is 11.5 Å². The highest BCUT2D eigenvalue weighted by Gasteiger charge is 2.09. The number of amides is 1. The van der Waals surface area contributed by atoms with Gasteiger partial charge in [0.2, 0.25) is 0 Å². The van der Waals surface area contributed by atoms with Gasteiger partial charge in [-0.3, -0.25) is 4.79 Å². The lowest BCUT2D eigenvalue weighted by Gasteiger charge is -2.14. The summed E-state index contributed by atoms with van der Waals surface area (Å²) in [5, 5.41) is 2.75. The molecule has 0 atom stereocenters. The summed E-state index contributed by atoms with van der Waals surface area (Å²) in [5.41, 5.74) is 3.88. The molecule has 0 unspecified atom stereocenters. The molecule has 0 saturated carbocycles. The number of benzene rings is 2. The van der Waals surface area contributed by atoms with Crippen LogP contribution < -0.4 is 14.8 Å². The second-order valence-electron chi connectivity index (χ2n) is 5.20. The third kappa shape index (κ3) is 4.66. The van der Waals surface area contributed by atoms with Crippen LogP contribution in [0.4, 0.5) is 10.5 Å². The van der Waals surface area contributed by atoms with E-state index >= 15 is 0 Å². The van der Waals surface area contributed by atoms with Crippen molar-refractivity contribution in [2.45, 2.75) is 20.5 Å². The summed E-state index contributed by atoms with van der Waals surface area (Å²) in [6.07, 6.45) is 1.74. The van der Waals surface area contributed by atoms with Gasteiger partial charge in [-0.25, -0.2) is 0 Å². The van der Waals surface area contributed by atoms with Crippen molar-refractivity contribution < 1.29 is 14.3 Å². The van der Waals surface area contributed by atoms with E-state index in [1.54, 1.807) is 13.4 Å². The molecule has 0 heterocycles. The molecule has 5 heteroatoms. The van der Waals surface area contributed by atoms with E-state index in [0.717, 1.165) is 40.1 Å². The maximum Gasteiger partial charge on any atom is 0.283 e. The summed E-state index contributed by atoms with van der Waals surface area (Å²) in [6, 6.07) is 11.6. The summed E-state index contributed by atoms with van der Waals surface area (Å²) < 4.78 is 11.2. The zero-order valence-corrected chi connectivity index (χ0v) is 14.6. The number of thioether (sulfide) groups is 1. The van der Waals surface area contributed by atoms with E-state index in [9.17, 15) is 4.79 Å². The number of carbonyl (C=O) groups excluding carboxylic acids is 1. The van der Waals surface area contributed by atoms with E-state index in [0.29, 0.717) is 6.61 Å². The zero-order chi connectivity index (χ0) is 16.8. The van der Waals surface area contributed by atoms with Crippen LogP contribution in [0.15, 0.2) is 36.4 Å². The minimum Gasteiger partial charge on any atom is -0.497 e. The lowest BCUT2D eigenvalue weighted by molar-refractivity contribution is 0.269. The molecule has 0 radical (unpaired) electrons. The number of ether oxygens (including phenoxy) is 2. The molecular weight excluding hydrogens is 310 g/mol. The molecule has 2 aromatic rings. The van der Waals surface area contributed by atoms with Crippen molar-refractivity contribution in [3.63, 3.8) is 0 Å². The van der Waals surface area contributed by atoms with Gasteiger partial charge in [-0.1, -0.05) is 29.5 Å². The van der Waals surface area contributed by atoms with Crippen LogP contribution in [0.3, 0.4) is 0 Å². The molecule has 0 fully saturated rings. The van der Waals surface area contributed by atoms with E-state index in [2.05, 4.69) is 18.3 Å². The Hall–Kier alpha value is -2.14. The maximum absolute atomic E-state index is 11.6. The predicted octanol–water partition coefficient (Wildman–Crippen LogP) is 4.79. The lowest BCUT2D eigenvalue weighted by Crippen LogP contribution is -2.08. The molecule has 2 aromatic carbocycles. The van der Waals surface area contributed by atoms with Gasteiger partial charge in [0.15, 0.2) is 0 Å². The Morgan fingerprint density at radius 3 is 2.61 bits per heavy atom. The molecule has 1 amide bonds. The first-order valence-electron chi connectivity index (χ1n) is 7.25. The van der Waals surface area contributed by atoms with Gasteiger partial charge in [-0.2, -0.15) is 0 Å². The number of carbonyl (C=O) groups is 1. The van der Waals surface area contributed by atoms with Crippen molar-refractivity contribution in [1.82, 2.24) is 0 Å². The normalized spacial score (nSPS) is 10.3. The van der Waals surface area contributed by atoms with E-state index < -0.39 is 0 Å². The minimum atomic E-state index is -0.108. The molecule has 4 nitrogen and oxygen atoms in total. The second kappa shape index (κ2) is 7.92. The number of nitrogens with one attached hydrogen (secondary N) is 1. The van der Waals surface area contributed by atoms with Crippen molar-refractivity contribution in [2.75, 3.05) is 18.7 Å². The number of aryl methyl sites for hydroxylation is 2. The molecule has 0 spiro atoms. The predicted molar refractivity (Wildman–Crippen MR) is 95.8 cm³/mol. The van der Waals surface area contributed by atoms with Crippen LogP contribution in [0.25, 0.3) is 0 Å². The smallest absolute Gasteiger partial charge is 0.283 e. The average molecular weight is 331 g/mol. The number of methoxy groups -OCH3 is 1. The quantitative estimate of drug-likeness (QED) is 0.856. The van der Waals surface area contributed by atoms with E-state index in [-0.39, 0.29) is 5.24 Å². The van der Waals surface area contributed by atoms with E-state index in [1.165, 1.54) is 5.56 Å². The number of hydrogen-bond donors (Lipinski definition) is 1. The van der Waals surface area contributed by atoms with Crippen molar-refractivity contribution in [3.05, 3.63) is 53.1 Å². The van der Waals surface area contributed by atoms with Gasteiger partial charge in [0.25, 0.3) is 5.24 Å². The summed E-state index contributed by atoms with van der Waals surface area (Å²) >= 11 is 1.13. The first-order chi connectivity index (χ1) is 11.0. The molecular formula is C18H21NO3S. The molecule has 0 saturated heterocycles. The third-order valence-electron chi connectivity index (χ3n) is 3.45. The van der Waals surface area contributed by atoms with Crippen LogP contribution in [0.1, 0.15) is 16.7 Å². The third-order valence-corrected chi connectivity index (χ3v) is 3.92. The summed E-state index contributed by atoms with van der Waals surface area (Å²) in [6.45, 7) is 4.42. The Kier molecular flexibility index (Phi) is 5.93. The van der Waals surface area contributed by atoms with Crippen LogP contribution in [0.5, 0.6) is 11.5 Å². The standard InChI is InChI=1S/C18H21NO3S/c1-12-5-8-17(13(2)9-12)22-11-14-10-15(21-3)6-7-16(14)19-18(20)23-4/h5-10H,11H2,1-4H3,(H,19,20). The molecule has 0 bridgehead atoms. The highest BCUT2D eigenvalue weighted by atomic mass is 32.2. The van der Waals surface area contributed by atoms with Crippen molar-refractivity contribution in [2.24, 2.45) is 0 Å². The fourth-order valence-electron chi connectivity index (χ4n) is 2.22. The SMILES string of the molecule is COc1ccc(NC(=O)SC)c(COc2ccc(C)cc2C)c1. The molecule has 2 rings (SSSR count). The lowest BCUT2D eigenvalue weighted by atomic mass is 10.1. The van der Waals surface area contributed by atoms with Gasteiger partial charge in [0, 0.05) is 11.3 Å². The average Bonchev–Trinajstić information content (AvgIpc) is 2.55. The second-order valence-corrected chi connectivity index (χ2v) is 5.98. The molecule has 122 valence electrons. The van der Waals surface area contributed by atoms with Crippen molar-refractivity contribution >= 4 is 22.7 Å². The molecule has 0 aliphatic heterocycles. The largest absolute Gasteiger partial charge is 0.497 e. The molecule has 0 aromatic heterocycles. The van der Waals surface area contributed by atoms with Crippen LogP contribution in [-0.4, -0.2) is 18.6 Å².